The number of esters is 1. The van der Waals surface area contributed by atoms with Crippen molar-refractivity contribution in [2.75, 3.05) is 6.61 Å². The molecule has 2 rings (SSSR count). The first-order chi connectivity index (χ1) is 13.8. The Kier molecular flexibility index (Phi) is 11.1. The van der Waals surface area contributed by atoms with Crippen LogP contribution in [0.1, 0.15) is 77.6 Å². The first-order valence-electron chi connectivity index (χ1n) is 11.1. The summed E-state index contributed by atoms with van der Waals surface area (Å²) < 4.78 is 9.86. The molecule has 0 saturated heterocycles. The number of unbranched alkanes of at least 4 members (excludes halogenated alkanes) is 9. The molecule has 0 amide bonds. The lowest BCUT2D eigenvalue weighted by Crippen LogP contribution is -2.30. The van der Waals surface area contributed by atoms with Gasteiger partial charge < -0.3 is 4.74 Å². The maximum absolute atomic E-state index is 11.6. The molecular weight excluding hydrogens is 348 g/mol. The molecule has 1 aromatic heterocycles. The summed E-state index contributed by atoms with van der Waals surface area (Å²) >= 11 is 0. The number of aromatic nitrogens is 2. The van der Waals surface area contributed by atoms with Crippen LogP contribution in [0.5, 0.6) is 0 Å². The molecule has 4 heteroatoms. The molecule has 0 unspecified atom stereocenters. The fraction of sp³-hybridized carbons (Fsp3) is 0.625. The number of carbonyl (C=O) groups excluding carboxylic acids is 1. The van der Waals surface area contributed by atoms with Crippen LogP contribution in [0.15, 0.2) is 48.3 Å². The molecule has 4 nitrogen and oxygen atoms in total. The van der Waals surface area contributed by atoms with Gasteiger partial charge in [0.05, 0.1) is 19.7 Å². The SMILES string of the molecule is CCCCn1cc[n+](CCCCCCCCCCCOC(=O)C2=C=CC=C2)c1. The molecule has 1 aromatic rings. The highest BCUT2D eigenvalue weighted by Crippen LogP contribution is 2.10. The minimum absolute atomic E-state index is 0.249. The number of ether oxygens (including phenoxy) is 1. The predicted octanol–water partition coefficient (Wildman–Crippen LogP) is 5.28. The first kappa shape index (κ1) is 22.2. The zero-order valence-corrected chi connectivity index (χ0v) is 17.6. The lowest BCUT2D eigenvalue weighted by molar-refractivity contribution is -0.696. The number of allylic oxidation sites excluding steroid dienone is 1. The molecule has 0 radical (unpaired) electrons. The van der Waals surface area contributed by atoms with Crippen LogP contribution in [0.2, 0.25) is 0 Å². The third kappa shape index (κ3) is 9.23. The van der Waals surface area contributed by atoms with Crippen LogP contribution in [0.4, 0.5) is 0 Å². The van der Waals surface area contributed by atoms with E-state index >= 15 is 0 Å². The van der Waals surface area contributed by atoms with E-state index in [9.17, 15) is 4.79 Å². The molecule has 1 aliphatic carbocycles. The van der Waals surface area contributed by atoms with E-state index in [-0.39, 0.29) is 5.97 Å². The first-order valence-corrected chi connectivity index (χ1v) is 11.1. The largest absolute Gasteiger partial charge is 0.462 e. The second-order valence-electron chi connectivity index (χ2n) is 7.64. The Morgan fingerprint density at radius 3 is 2.43 bits per heavy atom. The van der Waals surface area contributed by atoms with E-state index in [1.54, 1.807) is 18.2 Å². The van der Waals surface area contributed by atoms with Gasteiger partial charge in [-0.15, -0.1) is 5.73 Å². The van der Waals surface area contributed by atoms with Crippen LogP contribution in [-0.4, -0.2) is 17.1 Å². The third-order valence-electron chi connectivity index (χ3n) is 5.13. The van der Waals surface area contributed by atoms with Crippen molar-refractivity contribution in [2.24, 2.45) is 0 Å². The minimum atomic E-state index is -0.249. The molecule has 28 heavy (non-hydrogen) atoms. The number of hydrogen-bond acceptors (Lipinski definition) is 2. The van der Waals surface area contributed by atoms with Gasteiger partial charge in [-0.2, -0.15) is 0 Å². The summed E-state index contributed by atoms with van der Waals surface area (Å²) in [6.45, 7) is 5.04. The fourth-order valence-electron chi connectivity index (χ4n) is 3.38. The fourth-order valence-corrected chi connectivity index (χ4v) is 3.38. The average Bonchev–Trinajstić information content (AvgIpc) is 3.39. The van der Waals surface area contributed by atoms with E-state index in [0.29, 0.717) is 12.2 Å². The van der Waals surface area contributed by atoms with Gasteiger partial charge in [0, 0.05) is 0 Å². The van der Waals surface area contributed by atoms with Crippen molar-refractivity contribution in [1.29, 1.82) is 0 Å². The molecule has 154 valence electrons. The lowest BCUT2D eigenvalue weighted by Gasteiger charge is -2.04. The van der Waals surface area contributed by atoms with Crippen LogP contribution >= 0.6 is 0 Å². The van der Waals surface area contributed by atoms with E-state index < -0.39 is 0 Å². The van der Waals surface area contributed by atoms with Gasteiger partial charge >= 0.3 is 5.97 Å². The van der Waals surface area contributed by atoms with E-state index in [1.165, 1.54) is 57.8 Å². The molecular formula is C24H37N2O2+. The third-order valence-corrected chi connectivity index (χ3v) is 5.13. The van der Waals surface area contributed by atoms with Crippen LogP contribution in [0.3, 0.4) is 0 Å². The standard InChI is InChI=1S/C24H37N2O2/c1-2-3-17-25-19-20-26(22-25)18-13-9-7-5-4-6-8-10-14-21-28-24(27)23-15-11-12-16-23/h11-12,15,19-20,22H,2-10,13-14,17-18,21H2,1H3/q+1. The highest BCUT2D eigenvalue weighted by molar-refractivity contribution is 5.92. The molecule has 0 aliphatic heterocycles. The molecule has 0 saturated carbocycles. The van der Waals surface area contributed by atoms with Crippen molar-refractivity contribution >= 4 is 5.97 Å². The van der Waals surface area contributed by atoms with Gasteiger partial charge in [-0.3, -0.25) is 0 Å². The molecule has 0 spiro atoms. The van der Waals surface area contributed by atoms with Crippen molar-refractivity contribution in [3.05, 3.63) is 48.3 Å². The van der Waals surface area contributed by atoms with Gasteiger partial charge in [0.25, 0.3) is 0 Å². The Hall–Kier alpha value is -2.06. The Labute approximate surface area is 170 Å². The molecule has 0 aromatic carbocycles. The summed E-state index contributed by atoms with van der Waals surface area (Å²) in [7, 11) is 0. The number of aryl methyl sites for hydroxylation is 2. The molecule has 1 aliphatic rings. The predicted molar refractivity (Wildman–Crippen MR) is 113 cm³/mol. The van der Waals surface area contributed by atoms with Crippen molar-refractivity contribution in [1.82, 2.24) is 4.57 Å². The topological polar surface area (TPSA) is 35.1 Å². The molecule has 0 fully saturated rings. The maximum Gasteiger partial charge on any atom is 0.346 e. The number of hydrogen-bond donors (Lipinski definition) is 0. The minimum Gasteiger partial charge on any atom is -0.462 e. The van der Waals surface area contributed by atoms with E-state index in [1.807, 2.05) is 0 Å². The van der Waals surface area contributed by atoms with E-state index in [0.717, 1.165) is 25.9 Å². The van der Waals surface area contributed by atoms with Crippen LogP contribution in [-0.2, 0) is 22.6 Å². The van der Waals surface area contributed by atoms with Crippen LogP contribution in [0.25, 0.3) is 0 Å². The highest BCUT2D eigenvalue weighted by Gasteiger charge is 2.08. The molecule has 0 atom stereocenters. The van der Waals surface area contributed by atoms with Crippen molar-refractivity contribution < 1.29 is 14.1 Å². The zero-order valence-electron chi connectivity index (χ0n) is 17.6. The summed E-state index contributed by atoms with van der Waals surface area (Å²) in [5.74, 6) is -0.249. The second-order valence-corrected chi connectivity index (χ2v) is 7.64. The van der Waals surface area contributed by atoms with Crippen molar-refractivity contribution in [2.45, 2.75) is 90.6 Å². The Morgan fingerprint density at radius 2 is 1.75 bits per heavy atom. The second kappa shape index (κ2) is 14.0. The van der Waals surface area contributed by atoms with Crippen molar-refractivity contribution in [3.63, 3.8) is 0 Å². The highest BCUT2D eigenvalue weighted by atomic mass is 16.5. The van der Waals surface area contributed by atoms with Gasteiger partial charge in [-0.25, -0.2) is 13.9 Å². The summed E-state index contributed by atoms with van der Waals surface area (Å²) in [5.41, 5.74) is 3.40. The maximum atomic E-state index is 11.6. The van der Waals surface area contributed by atoms with E-state index in [2.05, 4.69) is 40.5 Å². The summed E-state index contributed by atoms with van der Waals surface area (Å²) in [6.07, 6.45) is 25.6. The summed E-state index contributed by atoms with van der Waals surface area (Å²) in [5, 5.41) is 0. The molecule has 0 N–H and O–H groups in total. The number of carbonyl (C=O) groups is 1. The monoisotopic (exact) mass is 385 g/mol. The van der Waals surface area contributed by atoms with Gasteiger partial charge in [0.1, 0.15) is 18.0 Å². The normalized spacial score (nSPS) is 12.5. The van der Waals surface area contributed by atoms with Gasteiger partial charge in [0.2, 0.25) is 6.33 Å². The summed E-state index contributed by atoms with van der Waals surface area (Å²) in [6, 6.07) is 0. The van der Waals surface area contributed by atoms with E-state index in [4.69, 9.17) is 4.74 Å². The lowest BCUT2D eigenvalue weighted by atomic mass is 10.1. The number of rotatable bonds is 16. The number of imidazole rings is 1. The average molecular weight is 386 g/mol. The quantitative estimate of drug-likeness (QED) is 0.168. The Bertz CT molecular complexity index is 666. The smallest absolute Gasteiger partial charge is 0.346 e. The Morgan fingerprint density at radius 1 is 1.04 bits per heavy atom. The van der Waals surface area contributed by atoms with Gasteiger partial charge in [0.15, 0.2) is 0 Å². The number of nitrogens with zero attached hydrogens (tertiary/aromatic N) is 2. The van der Waals surface area contributed by atoms with Gasteiger partial charge in [-0.05, 0) is 37.8 Å². The summed E-state index contributed by atoms with van der Waals surface area (Å²) in [4.78, 5) is 11.6. The Balaban J connectivity index is 1.34. The van der Waals surface area contributed by atoms with Crippen LogP contribution in [0, 0.1) is 0 Å². The van der Waals surface area contributed by atoms with Crippen LogP contribution < -0.4 is 4.57 Å². The molecule has 0 bridgehead atoms. The van der Waals surface area contributed by atoms with Crippen molar-refractivity contribution in [3.8, 4) is 0 Å². The molecule has 1 heterocycles. The zero-order chi connectivity index (χ0) is 19.9. The van der Waals surface area contributed by atoms with Gasteiger partial charge in [-0.1, -0.05) is 57.9 Å².